The molecular formula is C5H5N3O4. The highest BCUT2D eigenvalue weighted by atomic mass is 16.5. The van der Waals surface area contributed by atoms with Gasteiger partial charge in [0.1, 0.15) is 0 Å². The van der Waals surface area contributed by atoms with Crippen molar-refractivity contribution >= 4 is 11.8 Å². The number of nitrogens with two attached hydrogens (primary N) is 2. The van der Waals surface area contributed by atoms with Gasteiger partial charge in [-0.3, -0.25) is 9.59 Å². The lowest BCUT2D eigenvalue weighted by Gasteiger charge is -1.87. The molecule has 7 heteroatoms. The molecule has 0 spiro atoms. The Bertz CT molecular complexity index is 311. The highest BCUT2D eigenvalue weighted by Crippen LogP contribution is 2.20. The monoisotopic (exact) mass is 171 g/mol. The Balaban J connectivity index is 3.22. The lowest BCUT2D eigenvalue weighted by atomic mass is 10.3. The molecular weight excluding hydrogens is 166 g/mol. The fourth-order valence-electron chi connectivity index (χ4n) is 0.609. The van der Waals surface area contributed by atoms with E-state index in [1.807, 2.05) is 0 Å². The second kappa shape index (κ2) is 2.53. The van der Waals surface area contributed by atoms with Gasteiger partial charge in [0.25, 0.3) is 17.6 Å². The minimum Gasteiger partial charge on any atom is -0.502 e. The van der Waals surface area contributed by atoms with Gasteiger partial charge in [0.15, 0.2) is 0 Å². The molecule has 0 aliphatic heterocycles. The molecule has 0 atom stereocenters. The summed E-state index contributed by atoms with van der Waals surface area (Å²) in [7, 11) is 0. The summed E-state index contributed by atoms with van der Waals surface area (Å²) in [4.78, 5) is 20.9. The molecule has 0 saturated carbocycles. The van der Waals surface area contributed by atoms with Crippen LogP contribution in [0.15, 0.2) is 4.52 Å². The maximum Gasteiger partial charge on any atom is 0.291 e. The van der Waals surface area contributed by atoms with E-state index in [0.717, 1.165) is 0 Å². The Kier molecular flexibility index (Phi) is 1.70. The van der Waals surface area contributed by atoms with Crippen molar-refractivity contribution in [2.75, 3.05) is 0 Å². The first-order valence-electron chi connectivity index (χ1n) is 2.82. The first kappa shape index (κ1) is 8.05. The van der Waals surface area contributed by atoms with Crippen LogP contribution in [-0.4, -0.2) is 22.1 Å². The van der Waals surface area contributed by atoms with E-state index in [1.54, 1.807) is 0 Å². The molecule has 64 valence electrons. The molecule has 0 saturated heterocycles. The Hall–Kier alpha value is -2.05. The molecule has 0 fully saturated rings. The summed E-state index contributed by atoms with van der Waals surface area (Å²) < 4.78 is 4.24. The van der Waals surface area contributed by atoms with Crippen LogP contribution in [0, 0.1) is 0 Å². The van der Waals surface area contributed by atoms with E-state index in [4.69, 9.17) is 16.6 Å². The van der Waals surface area contributed by atoms with Crippen LogP contribution in [0.3, 0.4) is 0 Å². The van der Waals surface area contributed by atoms with E-state index in [2.05, 4.69) is 9.68 Å². The third-order valence-corrected chi connectivity index (χ3v) is 1.12. The van der Waals surface area contributed by atoms with E-state index >= 15 is 0 Å². The molecule has 1 aromatic heterocycles. The zero-order valence-corrected chi connectivity index (χ0v) is 5.77. The summed E-state index contributed by atoms with van der Waals surface area (Å²) >= 11 is 0. The number of rotatable bonds is 2. The Morgan fingerprint density at radius 3 is 2.17 bits per heavy atom. The number of aromatic hydroxyl groups is 1. The normalized spacial score (nSPS) is 9.67. The van der Waals surface area contributed by atoms with Crippen LogP contribution < -0.4 is 11.5 Å². The zero-order valence-electron chi connectivity index (χ0n) is 5.77. The van der Waals surface area contributed by atoms with Crippen LogP contribution in [0.5, 0.6) is 5.75 Å². The Morgan fingerprint density at radius 1 is 1.33 bits per heavy atom. The van der Waals surface area contributed by atoms with Gasteiger partial charge in [-0.25, -0.2) is 0 Å². The zero-order chi connectivity index (χ0) is 9.30. The van der Waals surface area contributed by atoms with E-state index < -0.39 is 29.0 Å². The molecule has 0 aliphatic rings. The smallest absolute Gasteiger partial charge is 0.291 e. The minimum atomic E-state index is -1.02. The van der Waals surface area contributed by atoms with E-state index in [9.17, 15) is 9.59 Å². The van der Waals surface area contributed by atoms with Crippen molar-refractivity contribution in [3.8, 4) is 5.75 Å². The van der Waals surface area contributed by atoms with E-state index in [1.165, 1.54) is 0 Å². The van der Waals surface area contributed by atoms with Gasteiger partial charge in [0.2, 0.25) is 11.4 Å². The average molecular weight is 171 g/mol. The Morgan fingerprint density at radius 2 is 1.92 bits per heavy atom. The fraction of sp³-hybridized carbons (Fsp3) is 0. The van der Waals surface area contributed by atoms with Crippen LogP contribution in [0.2, 0.25) is 0 Å². The van der Waals surface area contributed by atoms with Gasteiger partial charge in [0, 0.05) is 0 Å². The average Bonchev–Trinajstić information content (AvgIpc) is 2.30. The Labute approximate surface area is 65.9 Å². The fourth-order valence-corrected chi connectivity index (χ4v) is 0.609. The molecule has 7 nitrogen and oxygen atoms in total. The highest BCUT2D eigenvalue weighted by molar-refractivity contribution is 5.99. The van der Waals surface area contributed by atoms with Crippen LogP contribution in [0.25, 0.3) is 0 Å². The van der Waals surface area contributed by atoms with Crippen molar-refractivity contribution < 1.29 is 19.2 Å². The van der Waals surface area contributed by atoms with Gasteiger partial charge in [-0.15, -0.1) is 0 Å². The minimum absolute atomic E-state index is 0.510. The lowest BCUT2D eigenvalue weighted by Crippen LogP contribution is -2.12. The molecule has 0 aromatic carbocycles. The quantitative estimate of drug-likeness (QED) is 0.502. The van der Waals surface area contributed by atoms with Crippen LogP contribution in [0.4, 0.5) is 0 Å². The molecule has 12 heavy (non-hydrogen) atoms. The summed E-state index contributed by atoms with van der Waals surface area (Å²) in [5, 5.41) is 12.0. The maximum absolute atomic E-state index is 10.4. The van der Waals surface area contributed by atoms with Gasteiger partial charge in [-0.1, -0.05) is 5.16 Å². The molecule has 0 radical (unpaired) electrons. The number of primary amides is 2. The van der Waals surface area contributed by atoms with Crippen molar-refractivity contribution in [3.63, 3.8) is 0 Å². The number of hydrogen-bond acceptors (Lipinski definition) is 5. The number of amides is 2. The topological polar surface area (TPSA) is 132 Å². The van der Waals surface area contributed by atoms with Crippen molar-refractivity contribution in [3.05, 3.63) is 11.5 Å². The first-order valence-corrected chi connectivity index (χ1v) is 2.82. The number of aromatic nitrogens is 1. The molecule has 1 heterocycles. The largest absolute Gasteiger partial charge is 0.502 e. The second-order valence-corrected chi connectivity index (χ2v) is 1.94. The van der Waals surface area contributed by atoms with E-state index in [-0.39, 0.29) is 0 Å². The molecule has 2 amide bonds. The van der Waals surface area contributed by atoms with E-state index in [0.29, 0.717) is 0 Å². The number of carbonyl (C=O) groups is 2. The second-order valence-electron chi connectivity index (χ2n) is 1.94. The van der Waals surface area contributed by atoms with Gasteiger partial charge in [-0.05, 0) is 0 Å². The SMILES string of the molecule is NC(=O)c1noc(C(N)=O)c1O. The summed E-state index contributed by atoms with van der Waals surface area (Å²) in [5.74, 6) is -3.32. The lowest BCUT2D eigenvalue weighted by molar-refractivity contribution is 0.0955. The predicted molar refractivity (Wildman–Crippen MR) is 35.2 cm³/mol. The van der Waals surface area contributed by atoms with Crippen LogP contribution in [0.1, 0.15) is 21.0 Å². The third-order valence-electron chi connectivity index (χ3n) is 1.12. The van der Waals surface area contributed by atoms with Crippen molar-refractivity contribution in [1.29, 1.82) is 0 Å². The van der Waals surface area contributed by atoms with Gasteiger partial charge in [-0.2, -0.15) is 0 Å². The molecule has 5 N–H and O–H groups in total. The standard InChI is InChI=1S/C5H5N3O4/c6-4(10)1-2(9)3(5(7)11)12-8-1/h9H,(H2,6,10)(H2,7,11). The number of nitrogens with zero attached hydrogens (tertiary/aromatic N) is 1. The summed E-state index contributed by atoms with van der Waals surface area (Å²) in [6.07, 6.45) is 0. The summed E-state index contributed by atoms with van der Waals surface area (Å²) in [5.41, 5.74) is 8.99. The summed E-state index contributed by atoms with van der Waals surface area (Å²) in [6.45, 7) is 0. The van der Waals surface area contributed by atoms with Gasteiger partial charge >= 0.3 is 0 Å². The van der Waals surface area contributed by atoms with Gasteiger partial charge in [0.05, 0.1) is 0 Å². The predicted octanol–water partition coefficient (Wildman–Crippen LogP) is -1.42. The van der Waals surface area contributed by atoms with Crippen molar-refractivity contribution in [2.24, 2.45) is 11.5 Å². The molecule has 0 unspecified atom stereocenters. The van der Waals surface area contributed by atoms with Gasteiger partial charge < -0.3 is 21.1 Å². The van der Waals surface area contributed by atoms with Crippen molar-refractivity contribution in [2.45, 2.75) is 0 Å². The number of hydrogen-bond donors (Lipinski definition) is 3. The molecule has 1 rings (SSSR count). The first-order chi connectivity index (χ1) is 5.54. The molecule has 0 bridgehead atoms. The van der Waals surface area contributed by atoms with Crippen molar-refractivity contribution in [1.82, 2.24) is 5.16 Å². The molecule has 0 aliphatic carbocycles. The van der Waals surface area contributed by atoms with Crippen LogP contribution >= 0.6 is 0 Å². The van der Waals surface area contributed by atoms with Crippen LogP contribution in [-0.2, 0) is 0 Å². The highest BCUT2D eigenvalue weighted by Gasteiger charge is 2.22. The number of carbonyl (C=O) groups excluding carboxylic acids is 2. The molecule has 1 aromatic rings. The third kappa shape index (κ3) is 1.07. The maximum atomic E-state index is 10.4. The summed E-state index contributed by atoms with van der Waals surface area (Å²) in [6, 6.07) is 0.